The molecule has 0 bridgehead atoms. The zero-order valence-electron chi connectivity index (χ0n) is 13.4. The van der Waals surface area contributed by atoms with Gasteiger partial charge in [0.25, 0.3) is 5.91 Å². The van der Waals surface area contributed by atoms with E-state index in [-0.39, 0.29) is 18.0 Å². The van der Waals surface area contributed by atoms with E-state index in [4.69, 9.17) is 22.1 Å². The number of hydrogen-bond acceptors (Lipinski definition) is 5. The van der Waals surface area contributed by atoms with Crippen molar-refractivity contribution in [3.63, 3.8) is 0 Å². The van der Waals surface area contributed by atoms with Crippen molar-refractivity contribution < 1.29 is 9.53 Å². The molecule has 1 unspecified atom stereocenters. The molecule has 1 aliphatic rings. The van der Waals surface area contributed by atoms with E-state index >= 15 is 0 Å². The van der Waals surface area contributed by atoms with Gasteiger partial charge in [0.15, 0.2) is 0 Å². The van der Waals surface area contributed by atoms with Crippen molar-refractivity contribution in [3.05, 3.63) is 40.5 Å². The third kappa shape index (κ3) is 3.66. The van der Waals surface area contributed by atoms with Crippen LogP contribution in [-0.2, 0) is 4.74 Å². The van der Waals surface area contributed by atoms with Crippen LogP contribution in [0.2, 0.25) is 5.02 Å². The zero-order valence-corrected chi connectivity index (χ0v) is 14.1. The van der Waals surface area contributed by atoms with E-state index in [1.165, 1.54) is 0 Å². The van der Waals surface area contributed by atoms with Crippen LogP contribution >= 0.6 is 11.6 Å². The minimum atomic E-state index is -0.124. The number of aromatic nitrogens is 2. The Bertz CT molecular complexity index is 743. The molecular formula is C17H19ClN4O2. The molecule has 0 aliphatic carbocycles. The molecule has 0 radical (unpaired) electrons. The molecule has 1 aliphatic heterocycles. The summed E-state index contributed by atoms with van der Waals surface area (Å²) in [5.41, 5.74) is 8.23. The second kappa shape index (κ2) is 7.15. The molecule has 2 heterocycles. The second-order valence-corrected chi connectivity index (χ2v) is 6.13. The Balaban J connectivity index is 1.72. The lowest BCUT2D eigenvalue weighted by atomic mass is 10.1. The number of carbonyl (C=O) groups is 1. The van der Waals surface area contributed by atoms with Crippen molar-refractivity contribution in [2.45, 2.75) is 25.9 Å². The number of nitrogens with two attached hydrogens (primary N) is 1. The summed E-state index contributed by atoms with van der Waals surface area (Å²) < 4.78 is 5.50. The number of nitrogen functional groups attached to an aromatic ring is 1. The lowest BCUT2D eigenvalue weighted by Gasteiger charge is -2.11. The third-order valence-electron chi connectivity index (χ3n) is 3.97. The van der Waals surface area contributed by atoms with Gasteiger partial charge in [0.05, 0.1) is 22.5 Å². The summed E-state index contributed by atoms with van der Waals surface area (Å²) in [4.78, 5) is 20.4. The number of nitrogens with zero attached hydrogens (tertiary/aromatic N) is 2. The first-order valence-electron chi connectivity index (χ1n) is 7.84. The molecular weight excluding hydrogens is 328 g/mol. The number of halogens is 1. The van der Waals surface area contributed by atoms with Gasteiger partial charge in [-0.3, -0.25) is 4.79 Å². The Morgan fingerprint density at radius 2 is 2.12 bits per heavy atom. The van der Waals surface area contributed by atoms with Gasteiger partial charge < -0.3 is 15.8 Å². The van der Waals surface area contributed by atoms with Gasteiger partial charge >= 0.3 is 0 Å². The predicted molar refractivity (Wildman–Crippen MR) is 92.9 cm³/mol. The van der Waals surface area contributed by atoms with Crippen molar-refractivity contribution in [2.75, 3.05) is 18.9 Å². The van der Waals surface area contributed by atoms with Crippen molar-refractivity contribution in [1.29, 1.82) is 0 Å². The van der Waals surface area contributed by atoms with Crippen molar-refractivity contribution in [1.82, 2.24) is 15.3 Å². The molecule has 7 heteroatoms. The van der Waals surface area contributed by atoms with Gasteiger partial charge in [-0.25, -0.2) is 9.97 Å². The second-order valence-electron chi connectivity index (χ2n) is 5.75. The van der Waals surface area contributed by atoms with Gasteiger partial charge in [0.1, 0.15) is 0 Å². The van der Waals surface area contributed by atoms with Crippen molar-refractivity contribution >= 4 is 23.5 Å². The van der Waals surface area contributed by atoms with Gasteiger partial charge in [0.2, 0.25) is 5.95 Å². The van der Waals surface area contributed by atoms with Crippen LogP contribution in [-0.4, -0.2) is 35.1 Å². The molecule has 1 amide bonds. The minimum Gasteiger partial charge on any atom is -0.376 e. The van der Waals surface area contributed by atoms with Crippen molar-refractivity contribution in [3.8, 4) is 11.3 Å². The monoisotopic (exact) mass is 346 g/mol. The van der Waals surface area contributed by atoms with Crippen LogP contribution < -0.4 is 11.1 Å². The first-order valence-corrected chi connectivity index (χ1v) is 8.22. The Morgan fingerprint density at radius 3 is 2.79 bits per heavy atom. The van der Waals surface area contributed by atoms with Crippen LogP contribution in [0, 0.1) is 6.92 Å². The van der Waals surface area contributed by atoms with Gasteiger partial charge in [-0.2, -0.15) is 0 Å². The summed E-state index contributed by atoms with van der Waals surface area (Å²) in [5.74, 6) is 0.0480. The Morgan fingerprint density at radius 1 is 1.38 bits per heavy atom. The highest BCUT2D eigenvalue weighted by Crippen LogP contribution is 2.28. The van der Waals surface area contributed by atoms with E-state index in [0.717, 1.165) is 25.0 Å². The number of hydrogen-bond donors (Lipinski definition) is 2. The average Bonchev–Trinajstić information content (AvgIpc) is 3.09. The van der Waals surface area contributed by atoms with Crippen LogP contribution in [0.4, 0.5) is 5.95 Å². The highest BCUT2D eigenvalue weighted by Gasteiger charge is 2.17. The summed E-state index contributed by atoms with van der Waals surface area (Å²) in [6.07, 6.45) is 2.17. The number of benzene rings is 1. The Kier molecular flexibility index (Phi) is 4.97. The van der Waals surface area contributed by atoms with Gasteiger partial charge in [-0.05, 0) is 31.9 Å². The van der Waals surface area contributed by atoms with Crippen LogP contribution in [0.1, 0.15) is 28.9 Å². The maximum absolute atomic E-state index is 12.2. The molecule has 0 spiro atoms. The largest absolute Gasteiger partial charge is 0.376 e. The molecule has 1 saturated heterocycles. The Labute approximate surface area is 145 Å². The SMILES string of the molecule is Cc1nc(N)nc(-c2ccc(C(=O)NCC3CCCO3)cc2)c1Cl. The summed E-state index contributed by atoms with van der Waals surface area (Å²) >= 11 is 6.25. The standard InChI is InChI=1S/C17H19ClN4O2/c1-10-14(18)15(22-17(19)21-10)11-4-6-12(7-5-11)16(23)20-9-13-3-2-8-24-13/h4-7,13H,2-3,8-9H2,1H3,(H,20,23)(H2,19,21,22). The van der Waals surface area contributed by atoms with Gasteiger partial charge in [0, 0.05) is 24.3 Å². The molecule has 3 rings (SSSR count). The number of anilines is 1. The quantitative estimate of drug-likeness (QED) is 0.888. The summed E-state index contributed by atoms with van der Waals surface area (Å²) in [6, 6.07) is 7.08. The molecule has 0 saturated carbocycles. The maximum atomic E-state index is 12.2. The van der Waals surface area contributed by atoms with Gasteiger partial charge in [-0.1, -0.05) is 23.7 Å². The molecule has 126 valence electrons. The van der Waals surface area contributed by atoms with E-state index in [0.29, 0.717) is 28.5 Å². The van der Waals surface area contributed by atoms with E-state index < -0.39 is 0 Å². The lowest BCUT2D eigenvalue weighted by Crippen LogP contribution is -2.31. The topological polar surface area (TPSA) is 90.1 Å². The predicted octanol–water partition coefficient (Wildman–Crippen LogP) is 2.60. The van der Waals surface area contributed by atoms with E-state index in [2.05, 4.69) is 15.3 Å². The summed E-state index contributed by atoms with van der Waals surface area (Å²) in [5, 5.41) is 3.35. The molecule has 6 nitrogen and oxygen atoms in total. The number of ether oxygens (including phenoxy) is 1. The highest BCUT2D eigenvalue weighted by atomic mass is 35.5. The fourth-order valence-electron chi connectivity index (χ4n) is 2.67. The molecule has 1 aromatic carbocycles. The van der Waals surface area contributed by atoms with Crippen LogP contribution in [0.5, 0.6) is 0 Å². The minimum absolute atomic E-state index is 0.124. The number of nitrogens with one attached hydrogen (secondary N) is 1. The van der Waals surface area contributed by atoms with Crippen molar-refractivity contribution in [2.24, 2.45) is 0 Å². The smallest absolute Gasteiger partial charge is 0.251 e. The molecule has 24 heavy (non-hydrogen) atoms. The van der Waals surface area contributed by atoms with Crippen LogP contribution in [0.3, 0.4) is 0 Å². The average molecular weight is 347 g/mol. The molecule has 3 N–H and O–H groups in total. The fraction of sp³-hybridized carbons (Fsp3) is 0.353. The first-order chi connectivity index (χ1) is 11.5. The van der Waals surface area contributed by atoms with Crippen LogP contribution in [0.25, 0.3) is 11.3 Å². The number of rotatable bonds is 4. The highest BCUT2D eigenvalue weighted by molar-refractivity contribution is 6.33. The summed E-state index contributed by atoms with van der Waals surface area (Å²) in [6.45, 7) is 3.09. The maximum Gasteiger partial charge on any atom is 0.251 e. The normalized spacial score (nSPS) is 17.0. The Hall–Kier alpha value is -2.18. The van der Waals surface area contributed by atoms with Gasteiger partial charge in [-0.15, -0.1) is 0 Å². The lowest BCUT2D eigenvalue weighted by molar-refractivity contribution is 0.0858. The van der Waals surface area contributed by atoms with E-state index in [1.807, 2.05) is 0 Å². The fourth-order valence-corrected chi connectivity index (χ4v) is 2.86. The number of amides is 1. The molecule has 1 fully saturated rings. The number of aryl methyl sites for hydroxylation is 1. The van der Waals surface area contributed by atoms with E-state index in [1.54, 1.807) is 31.2 Å². The molecule has 1 aromatic heterocycles. The van der Waals surface area contributed by atoms with Crippen LogP contribution in [0.15, 0.2) is 24.3 Å². The first kappa shape index (κ1) is 16.7. The third-order valence-corrected chi connectivity index (χ3v) is 4.42. The molecule has 2 aromatic rings. The zero-order chi connectivity index (χ0) is 17.1. The number of carbonyl (C=O) groups excluding carboxylic acids is 1. The molecule has 1 atom stereocenters. The summed E-state index contributed by atoms with van der Waals surface area (Å²) in [7, 11) is 0. The van der Waals surface area contributed by atoms with E-state index in [9.17, 15) is 4.79 Å².